The fourth-order valence-corrected chi connectivity index (χ4v) is 6.16. The van der Waals surface area contributed by atoms with Crippen LogP contribution in [0.5, 0.6) is 5.75 Å². The van der Waals surface area contributed by atoms with E-state index in [2.05, 4.69) is 6.92 Å². The molecule has 8 heteroatoms. The molecule has 2 aromatic carbocycles. The number of benzene rings is 2. The Balaban J connectivity index is 1.63. The van der Waals surface area contributed by atoms with Gasteiger partial charge in [0.2, 0.25) is 11.8 Å². The summed E-state index contributed by atoms with van der Waals surface area (Å²) in [6, 6.07) is 12.9. The molecule has 0 aliphatic carbocycles. The zero-order valence-corrected chi connectivity index (χ0v) is 29.5. The van der Waals surface area contributed by atoms with Gasteiger partial charge in [0.1, 0.15) is 12.3 Å². The summed E-state index contributed by atoms with van der Waals surface area (Å²) in [6.45, 7) is 2.71. The van der Waals surface area contributed by atoms with E-state index in [4.69, 9.17) is 15.2 Å². The first-order valence-electron chi connectivity index (χ1n) is 17.5. The van der Waals surface area contributed by atoms with E-state index >= 15 is 0 Å². The third-order valence-corrected chi connectivity index (χ3v) is 9.13. The maximum Gasteiger partial charge on any atom is 0.339 e. The number of carbonyl (C=O) groups is 3. The molecular weight excluding hydrogens is 596 g/mol. The highest BCUT2D eigenvalue weighted by molar-refractivity contribution is 7.98. The molecule has 2 amide bonds. The van der Waals surface area contributed by atoms with Gasteiger partial charge in [0.05, 0.1) is 19.3 Å². The van der Waals surface area contributed by atoms with Crippen molar-refractivity contribution in [3.8, 4) is 5.75 Å². The maximum absolute atomic E-state index is 13.2. The molecule has 0 heterocycles. The molecule has 0 saturated heterocycles. The van der Waals surface area contributed by atoms with E-state index in [1.807, 2.05) is 30.5 Å². The lowest BCUT2D eigenvalue weighted by molar-refractivity contribution is -0.122. The Morgan fingerprint density at radius 2 is 1.30 bits per heavy atom. The molecule has 256 valence electrons. The van der Waals surface area contributed by atoms with Crippen molar-refractivity contribution >= 4 is 35.2 Å². The highest BCUT2D eigenvalue weighted by Crippen LogP contribution is 2.27. The monoisotopic (exact) mass is 654 g/mol. The van der Waals surface area contributed by atoms with Crippen LogP contribution >= 0.6 is 11.8 Å². The molecule has 0 bridgehead atoms. The molecule has 46 heavy (non-hydrogen) atoms. The number of aryl methyl sites for hydroxylation is 1. The number of hydrogen-bond acceptors (Lipinski definition) is 6. The molecule has 2 N–H and O–H groups in total. The Morgan fingerprint density at radius 3 is 1.80 bits per heavy atom. The van der Waals surface area contributed by atoms with Crippen molar-refractivity contribution in [2.24, 2.45) is 5.73 Å². The maximum atomic E-state index is 13.2. The molecule has 7 nitrogen and oxygen atoms in total. The molecule has 0 aromatic heterocycles. The lowest BCUT2D eigenvalue weighted by Gasteiger charge is -2.22. The molecule has 2 aromatic rings. The number of primary amides is 1. The number of esters is 1. The zero-order valence-electron chi connectivity index (χ0n) is 28.7. The van der Waals surface area contributed by atoms with Crippen LogP contribution in [-0.4, -0.2) is 44.3 Å². The van der Waals surface area contributed by atoms with Gasteiger partial charge in [0.15, 0.2) is 0 Å². The van der Waals surface area contributed by atoms with Crippen LogP contribution in [0.25, 0.3) is 0 Å². The van der Waals surface area contributed by atoms with Crippen LogP contribution in [0.1, 0.15) is 132 Å². The third-order valence-electron chi connectivity index (χ3n) is 8.33. The normalized spacial score (nSPS) is 10.9. The Kier molecular flexibility index (Phi) is 20.6. The number of methoxy groups -OCH3 is 1. The van der Waals surface area contributed by atoms with Crippen LogP contribution in [0, 0.1) is 0 Å². The van der Waals surface area contributed by atoms with Crippen molar-refractivity contribution in [2.75, 3.05) is 31.4 Å². The number of rotatable bonds is 26. The average molecular weight is 655 g/mol. The fraction of sp³-hybridized carbons (Fsp3) is 0.605. The number of hydrogen-bond donors (Lipinski definition) is 1. The number of thioether (sulfide) groups is 1. The van der Waals surface area contributed by atoms with Crippen molar-refractivity contribution in [3.63, 3.8) is 0 Å². The topological polar surface area (TPSA) is 98.9 Å². The average Bonchev–Trinajstić information content (AvgIpc) is 3.07. The van der Waals surface area contributed by atoms with Gasteiger partial charge in [-0.3, -0.25) is 9.59 Å². The second-order valence-corrected chi connectivity index (χ2v) is 13.0. The quantitative estimate of drug-likeness (QED) is 0.0617. The van der Waals surface area contributed by atoms with Crippen molar-refractivity contribution in [1.29, 1.82) is 0 Å². The second kappa shape index (κ2) is 24.2. The van der Waals surface area contributed by atoms with E-state index in [1.54, 1.807) is 18.2 Å². The summed E-state index contributed by atoms with van der Waals surface area (Å²) < 4.78 is 10.8. The Hall–Kier alpha value is -3.00. The summed E-state index contributed by atoms with van der Waals surface area (Å²) in [5, 5.41) is 0. The van der Waals surface area contributed by atoms with E-state index in [1.165, 1.54) is 120 Å². The number of nitrogens with two attached hydrogens (primary N) is 1. The van der Waals surface area contributed by atoms with Gasteiger partial charge >= 0.3 is 5.97 Å². The summed E-state index contributed by atoms with van der Waals surface area (Å²) in [7, 11) is 1.31. The molecule has 0 radical (unpaired) electrons. The predicted molar refractivity (Wildman–Crippen MR) is 191 cm³/mol. The van der Waals surface area contributed by atoms with Gasteiger partial charge in [0, 0.05) is 17.0 Å². The van der Waals surface area contributed by atoms with Crippen LogP contribution in [0.4, 0.5) is 5.69 Å². The lowest BCUT2D eigenvalue weighted by Crippen LogP contribution is -2.38. The minimum atomic E-state index is -0.632. The number of amides is 2. The first-order valence-corrected chi connectivity index (χ1v) is 18.7. The summed E-state index contributed by atoms with van der Waals surface area (Å²) in [5.74, 6) is -0.562. The van der Waals surface area contributed by atoms with Gasteiger partial charge in [-0.1, -0.05) is 115 Å². The SMILES string of the molecule is CCCCCCCCCCCCCCCCCCOc1ccc(CCC(=O)N(CC(N)=O)c2ccc(SC)c(C(=O)OC)c2)cc1. The van der Waals surface area contributed by atoms with Crippen molar-refractivity contribution < 1.29 is 23.9 Å². The molecule has 0 saturated carbocycles. The van der Waals surface area contributed by atoms with Gasteiger partial charge in [-0.15, -0.1) is 11.8 Å². The van der Waals surface area contributed by atoms with Crippen LogP contribution in [0.3, 0.4) is 0 Å². The minimum Gasteiger partial charge on any atom is -0.494 e. The number of carbonyl (C=O) groups excluding carboxylic acids is 3. The van der Waals surface area contributed by atoms with E-state index in [-0.39, 0.29) is 18.9 Å². The molecular formula is C38H58N2O5S. The van der Waals surface area contributed by atoms with Crippen molar-refractivity contribution in [3.05, 3.63) is 53.6 Å². The van der Waals surface area contributed by atoms with Gasteiger partial charge in [-0.05, 0) is 55.0 Å². The lowest BCUT2D eigenvalue weighted by atomic mass is 10.0. The molecule has 0 aliphatic heterocycles. The van der Waals surface area contributed by atoms with E-state index in [0.29, 0.717) is 24.3 Å². The van der Waals surface area contributed by atoms with Crippen LogP contribution in [0.2, 0.25) is 0 Å². The number of unbranched alkanes of at least 4 members (excludes halogenated alkanes) is 15. The minimum absolute atomic E-state index is 0.185. The first-order chi connectivity index (χ1) is 22.4. The Morgan fingerprint density at radius 1 is 0.761 bits per heavy atom. The summed E-state index contributed by atoms with van der Waals surface area (Å²) in [4.78, 5) is 39.3. The Bertz CT molecular complexity index is 1150. The number of anilines is 1. The standard InChI is InChI=1S/C38H58N2O5S/c1-4-5-6-7-8-9-10-11-12-13-14-15-16-17-18-19-28-45-33-24-20-31(21-25-33)22-27-37(42)40(30-36(39)41)32-23-26-35(46-3)34(29-32)38(43)44-2/h20-21,23-26,29H,4-19,22,27-28,30H2,1-3H3,(H2,39,41). The highest BCUT2D eigenvalue weighted by Gasteiger charge is 2.21. The summed E-state index contributed by atoms with van der Waals surface area (Å²) in [5.41, 5.74) is 7.21. The van der Waals surface area contributed by atoms with E-state index < -0.39 is 11.9 Å². The van der Waals surface area contributed by atoms with Gasteiger partial charge in [-0.2, -0.15) is 0 Å². The Labute approximate surface area is 282 Å². The van der Waals surface area contributed by atoms with Gasteiger partial charge < -0.3 is 20.1 Å². The molecule has 0 spiro atoms. The highest BCUT2D eigenvalue weighted by atomic mass is 32.2. The van der Waals surface area contributed by atoms with Crippen molar-refractivity contribution in [2.45, 2.75) is 127 Å². The van der Waals surface area contributed by atoms with Crippen LogP contribution < -0.4 is 15.4 Å². The van der Waals surface area contributed by atoms with E-state index in [9.17, 15) is 14.4 Å². The molecule has 0 atom stereocenters. The van der Waals surface area contributed by atoms with Gasteiger partial charge in [-0.25, -0.2) is 4.79 Å². The van der Waals surface area contributed by atoms with Crippen LogP contribution in [0.15, 0.2) is 47.4 Å². The molecule has 0 unspecified atom stereocenters. The van der Waals surface area contributed by atoms with Crippen LogP contribution in [-0.2, 0) is 20.7 Å². The smallest absolute Gasteiger partial charge is 0.339 e. The number of ether oxygens (including phenoxy) is 2. The summed E-state index contributed by atoms with van der Waals surface area (Å²) in [6.07, 6.45) is 24.1. The van der Waals surface area contributed by atoms with Crippen molar-refractivity contribution in [1.82, 2.24) is 0 Å². The predicted octanol–water partition coefficient (Wildman–Crippen LogP) is 9.29. The van der Waals surface area contributed by atoms with Gasteiger partial charge in [0.25, 0.3) is 0 Å². The molecule has 2 rings (SSSR count). The first kappa shape index (κ1) is 39.2. The summed E-state index contributed by atoms with van der Waals surface area (Å²) >= 11 is 1.40. The molecule has 0 aliphatic rings. The van der Waals surface area contributed by atoms with E-state index in [0.717, 1.165) is 22.6 Å². The largest absolute Gasteiger partial charge is 0.494 e. The number of nitrogens with zero attached hydrogens (tertiary/aromatic N) is 1. The zero-order chi connectivity index (χ0) is 33.4. The fourth-order valence-electron chi connectivity index (χ4n) is 5.59. The third kappa shape index (κ3) is 16.0. The molecule has 0 fully saturated rings. The second-order valence-electron chi connectivity index (χ2n) is 12.1.